The summed E-state index contributed by atoms with van der Waals surface area (Å²) in [6.45, 7) is 9.01. The van der Waals surface area contributed by atoms with Crippen LogP contribution in [0.4, 0.5) is 0 Å². The van der Waals surface area contributed by atoms with Gasteiger partial charge >= 0.3 is 0 Å². The molecule has 0 heterocycles. The van der Waals surface area contributed by atoms with Crippen LogP contribution in [-0.4, -0.2) is 11.2 Å². The summed E-state index contributed by atoms with van der Waals surface area (Å²) in [4.78, 5) is 0. The minimum Gasteiger partial charge on any atom is -0.393 e. The van der Waals surface area contributed by atoms with Gasteiger partial charge in [-0.15, -0.1) is 0 Å². The molecule has 0 radical (unpaired) electrons. The molecule has 0 saturated carbocycles. The van der Waals surface area contributed by atoms with Gasteiger partial charge in [-0.25, -0.2) is 0 Å². The monoisotopic (exact) mass is 210 g/mol. The fourth-order valence-electron chi connectivity index (χ4n) is 2.48. The molecule has 1 N–H and O–H groups in total. The van der Waals surface area contributed by atoms with Gasteiger partial charge in [-0.3, -0.25) is 0 Å². The van der Waals surface area contributed by atoms with Crippen LogP contribution in [0.5, 0.6) is 0 Å². The van der Waals surface area contributed by atoms with Crippen LogP contribution in [0.3, 0.4) is 0 Å². The number of hydrogen-bond donors (Lipinski definition) is 1. The van der Waals surface area contributed by atoms with Crippen LogP contribution in [0.15, 0.2) is 11.6 Å². The van der Waals surface area contributed by atoms with E-state index in [1.165, 1.54) is 19.3 Å². The van der Waals surface area contributed by atoms with Crippen molar-refractivity contribution < 1.29 is 5.11 Å². The van der Waals surface area contributed by atoms with Gasteiger partial charge in [-0.2, -0.15) is 0 Å². The third-order valence-corrected chi connectivity index (χ3v) is 4.31. The fourth-order valence-corrected chi connectivity index (χ4v) is 2.48. The van der Waals surface area contributed by atoms with Crippen molar-refractivity contribution >= 4 is 0 Å². The lowest BCUT2D eigenvalue weighted by molar-refractivity contribution is 0.150. The van der Waals surface area contributed by atoms with Crippen LogP contribution in [0.25, 0.3) is 0 Å². The highest BCUT2D eigenvalue weighted by molar-refractivity contribution is 5.17. The summed E-state index contributed by atoms with van der Waals surface area (Å²) in [5, 5.41) is 9.50. The van der Waals surface area contributed by atoms with E-state index >= 15 is 0 Å². The third-order valence-electron chi connectivity index (χ3n) is 4.31. The summed E-state index contributed by atoms with van der Waals surface area (Å²) in [7, 11) is 0. The van der Waals surface area contributed by atoms with Gasteiger partial charge < -0.3 is 5.11 Å². The Morgan fingerprint density at radius 2 is 2.20 bits per heavy atom. The van der Waals surface area contributed by atoms with E-state index in [0.717, 1.165) is 18.8 Å². The maximum absolute atomic E-state index is 9.50. The Bertz CT molecular complexity index is 227. The van der Waals surface area contributed by atoms with E-state index in [9.17, 15) is 5.11 Å². The SMILES string of the molecule is CCC(O)CCCC1CC=C(C)C1(C)C. The second-order valence-electron chi connectivity index (χ2n) is 5.53. The van der Waals surface area contributed by atoms with Crippen LogP contribution in [0, 0.1) is 11.3 Å². The maximum atomic E-state index is 9.50. The zero-order valence-corrected chi connectivity index (χ0v) is 10.7. The van der Waals surface area contributed by atoms with E-state index in [1.54, 1.807) is 5.57 Å². The number of allylic oxidation sites excluding steroid dienone is 2. The molecular formula is C14H26O. The van der Waals surface area contributed by atoms with Crippen molar-refractivity contribution in [3.05, 3.63) is 11.6 Å². The molecule has 1 heteroatoms. The Morgan fingerprint density at radius 1 is 1.53 bits per heavy atom. The van der Waals surface area contributed by atoms with Gasteiger partial charge in [0.15, 0.2) is 0 Å². The molecule has 0 amide bonds. The second kappa shape index (κ2) is 5.16. The molecule has 2 unspecified atom stereocenters. The van der Waals surface area contributed by atoms with Crippen LogP contribution < -0.4 is 0 Å². The van der Waals surface area contributed by atoms with Crippen molar-refractivity contribution in [2.24, 2.45) is 11.3 Å². The lowest BCUT2D eigenvalue weighted by Gasteiger charge is -2.30. The normalized spacial score (nSPS) is 26.5. The number of aliphatic hydroxyl groups is 1. The predicted octanol–water partition coefficient (Wildman–Crippen LogP) is 3.92. The molecular weight excluding hydrogens is 184 g/mol. The molecule has 2 atom stereocenters. The minimum absolute atomic E-state index is 0.0800. The van der Waals surface area contributed by atoms with E-state index in [2.05, 4.69) is 33.8 Å². The average molecular weight is 210 g/mol. The molecule has 0 bridgehead atoms. The predicted molar refractivity (Wildman–Crippen MR) is 65.8 cm³/mol. The molecule has 15 heavy (non-hydrogen) atoms. The Balaban J connectivity index is 2.30. The molecule has 1 rings (SSSR count). The number of aliphatic hydroxyl groups excluding tert-OH is 1. The topological polar surface area (TPSA) is 20.2 Å². The quantitative estimate of drug-likeness (QED) is 0.682. The Kier molecular flexibility index (Phi) is 4.39. The van der Waals surface area contributed by atoms with Crippen LogP contribution in [0.1, 0.15) is 59.8 Å². The zero-order valence-electron chi connectivity index (χ0n) is 10.7. The van der Waals surface area contributed by atoms with E-state index in [1.807, 2.05) is 0 Å². The molecule has 0 aromatic heterocycles. The van der Waals surface area contributed by atoms with Gasteiger partial charge in [-0.1, -0.05) is 38.8 Å². The van der Waals surface area contributed by atoms with Gasteiger partial charge in [0.05, 0.1) is 6.10 Å². The molecule has 0 saturated heterocycles. The highest BCUT2D eigenvalue weighted by Crippen LogP contribution is 2.45. The summed E-state index contributed by atoms with van der Waals surface area (Å²) in [6, 6.07) is 0. The highest BCUT2D eigenvalue weighted by Gasteiger charge is 2.34. The molecule has 0 aromatic carbocycles. The Morgan fingerprint density at radius 3 is 2.67 bits per heavy atom. The minimum atomic E-state index is -0.0800. The van der Waals surface area contributed by atoms with E-state index in [4.69, 9.17) is 0 Å². The van der Waals surface area contributed by atoms with Gasteiger partial charge in [0.25, 0.3) is 0 Å². The fraction of sp³-hybridized carbons (Fsp3) is 0.857. The maximum Gasteiger partial charge on any atom is 0.0537 e. The molecule has 1 aliphatic rings. The number of rotatable bonds is 5. The first-order valence-electron chi connectivity index (χ1n) is 6.33. The molecule has 0 fully saturated rings. The standard InChI is InChI=1S/C14H26O/c1-5-13(15)8-6-7-12-10-9-11(2)14(12,3)4/h9,12-13,15H,5-8,10H2,1-4H3. The van der Waals surface area contributed by atoms with Crippen LogP contribution in [-0.2, 0) is 0 Å². The summed E-state index contributed by atoms with van der Waals surface area (Å²) >= 11 is 0. The van der Waals surface area contributed by atoms with E-state index in [-0.39, 0.29) is 6.10 Å². The van der Waals surface area contributed by atoms with Crippen molar-refractivity contribution in [1.82, 2.24) is 0 Å². The lowest BCUT2D eigenvalue weighted by Crippen LogP contribution is -2.20. The summed E-state index contributed by atoms with van der Waals surface area (Å²) in [5.74, 6) is 0.793. The van der Waals surface area contributed by atoms with Crippen molar-refractivity contribution in [1.29, 1.82) is 0 Å². The molecule has 0 spiro atoms. The molecule has 0 aromatic rings. The largest absolute Gasteiger partial charge is 0.393 e. The van der Waals surface area contributed by atoms with E-state index < -0.39 is 0 Å². The molecule has 1 nitrogen and oxygen atoms in total. The smallest absolute Gasteiger partial charge is 0.0537 e. The lowest BCUT2D eigenvalue weighted by atomic mass is 9.75. The first-order valence-corrected chi connectivity index (χ1v) is 6.33. The van der Waals surface area contributed by atoms with Crippen molar-refractivity contribution in [2.75, 3.05) is 0 Å². The Hall–Kier alpha value is -0.300. The summed E-state index contributed by atoms with van der Waals surface area (Å²) in [6.07, 6.45) is 7.85. The van der Waals surface area contributed by atoms with Crippen LogP contribution >= 0.6 is 0 Å². The summed E-state index contributed by atoms with van der Waals surface area (Å²) < 4.78 is 0. The third kappa shape index (κ3) is 3.07. The first-order chi connectivity index (χ1) is 6.98. The molecule has 88 valence electrons. The highest BCUT2D eigenvalue weighted by atomic mass is 16.3. The Labute approximate surface area is 94.6 Å². The zero-order chi connectivity index (χ0) is 11.5. The van der Waals surface area contributed by atoms with Gasteiger partial charge in [0.1, 0.15) is 0 Å². The average Bonchev–Trinajstić information content (AvgIpc) is 2.44. The van der Waals surface area contributed by atoms with Gasteiger partial charge in [0.2, 0.25) is 0 Å². The van der Waals surface area contributed by atoms with Crippen molar-refractivity contribution in [2.45, 2.75) is 65.9 Å². The summed E-state index contributed by atoms with van der Waals surface area (Å²) in [5.41, 5.74) is 1.93. The number of hydrogen-bond acceptors (Lipinski definition) is 1. The van der Waals surface area contributed by atoms with Crippen LogP contribution in [0.2, 0.25) is 0 Å². The van der Waals surface area contributed by atoms with Gasteiger partial charge in [0, 0.05) is 0 Å². The van der Waals surface area contributed by atoms with E-state index in [0.29, 0.717) is 5.41 Å². The van der Waals surface area contributed by atoms with Gasteiger partial charge in [-0.05, 0) is 43.9 Å². The first kappa shape index (κ1) is 12.8. The van der Waals surface area contributed by atoms with Crippen molar-refractivity contribution in [3.63, 3.8) is 0 Å². The molecule has 0 aliphatic heterocycles. The van der Waals surface area contributed by atoms with Crippen molar-refractivity contribution in [3.8, 4) is 0 Å². The second-order valence-corrected chi connectivity index (χ2v) is 5.53. The molecule has 1 aliphatic carbocycles.